The van der Waals surface area contributed by atoms with Gasteiger partial charge in [-0.15, -0.1) is 0 Å². The van der Waals surface area contributed by atoms with E-state index in [1.165, 1.54) is 31.2 Å². The van der Waals surface area contributed by atoms with Crippen LogP contribution in [0.1, 0.15) is 27.6 Å². The molecule has 0 aromatic heterocycles. The first-order valence-corrected chi connectivity index (χ1v) is 11.3. The molecule has 0 spiro atoms. The summed E-state index contributed by atoms with van der Waals surface area (Å²) in [4.78, 5) is 28.6. The van der Waals surface area contributed by atoms with Crippen molar-refractivity contribution in [2.75, 3.05) is 0 Å². The lowest BCUT2D eigenvalue weighted by molar-refractivity contribution is -0.242. The summed E-state index contributed by atoms with van der Waals surface area (Å²) in [6.07, 6.45) is -5.32. The number of nitrogens with zero attached hydrogens (tertiary/aromatic N) is 3. The fourth-order valence-electron chi connectivity index (χ4n) is 3.27. The molecule has 5 atom stereocenters. The van der Waals surface area contributed by atoms with Gasteiger partial charge in [-0.05, 0) is 36.7 Å². The van der Waals surface area contributed by atoms with Gasteiger partial charge in [-0.25, -0.2) is 9.59 Å². The van der Waals surface area contributed by atoms with Crippen molar-refractivity contribution in [1.29, 1.82) is 5.41 Å². The van der Waals surface area contributed by atoms with Gasteiger partial charge in [-0.3, -0.25) is 5.41 Å². The number of hydrogen-bond acceptors (Lipinski definition) is 8. The third-order valence-electron chi connectivity index (χ3n) is 4.94. The van der Waals surface area contributed by atoms with Crippen LogP contribution in [0, 0.1) is 5.41 Å². The second-order valence-electron chi connectivity index (χ2n) is 7.32. The molecule has 1 aliphatic rings. The van der Waals surface area contributed by atoms with Crippen LogP contribution < -0.4 is 0 Å². The molecule has 2 unspecified atom stereocenters. The molecule has 13 heteroatoms. The SMILES string of the molecule is CC1O[C@H](OC(=N)C(Cl)(Cl)Cl)[C@H](OC(=O)c2ccccc2)C(OC(=O)c2ccccc2)[C@@H]1N=[N+]=[N-]. The van der Waals surface area contributed by atoms with Gasteiger partial charge in [0.2, 0.25) is 18.3 Å². The molecule has 0 aliphatic carbocycles. The van der Waals surface area contributed by atoms with Crippen LogP contribution in [0.15, 0.2) is 65.8 Å². The predicted octanol–water partition coefficient (Wildman–Crippen LogP) is 5.23. The number of hydrogen-bond donors (Lipinski definition) is 1. The van der Waals surface area contributed by atoms with Gasteiger partial charge in [-0.2, -0.15) is 0 Å². The van der Waals surface area contributed by atoms with E-state index in [4.69, 9.17) is 64.7 Å². The summed E-state index contributed by atoms with van der Waals surface area (Å²) >= 11 is 17.2. The normalized spacial score (nSPS) is 23.9. The topological polar surface area (TPSA) is 144 Å². The first kappa shape index (κ1) is 26.6. The van der Waals surface area contributed by atoms with E-state index in [2.05, 4.69) is 10.0 Å². The standard InChI is InChI=1S/C22H19Cl3N4O6/c1-12-15(28-29-27)16(33-18(30)13-8-4-2-5-9-13)17(20(32-12)35-21(26)22(23,24)25)34-19(31)14-10-6-3-7-11-14/h2-12,15-17,20,26H,1H3/t12?,15-,16?,17-,20-/m1/s1. The van der Waals surface area contributed by atoms with E-state index in [0.717, 1.165) is 0 Å². The average Bonchev–Trinajstić information content (AvgIpc) is 2.83. The first-order valence-electron chi connectivity index (χ1n) is 10.2. The summed E-state index contributed by atoms with van der Waals surface area (Å²) in [5.74, 6) is -2.42. The monoisotopic (exact) mass is 540 g/mol. The van der Waals surface area contributed by atoms with Crippen molar-refractivity contribution in [3.8, 4) is 0 Å². The third kappa shape index (κ3) is 6.78. The zero-order valence-corrected chi connectivity index (χ0v) is 20.4. The Bertz CT molecular complexity index is 1110. The van der Waals surface area contributed by atoms with E-state index in [1.54, 1.807) is 36.4 Å². The molecule has 10 nitrogen and oxygen atoms in total. The van der Waals surface area contributed by atoms with E-state index in [0.29, 0.717) is 0 Å². The molecule has 35 heavy (non-hydrogen) atoms. The Morgan fingerprint density at radius 1 is 0.943 bits per heavy atom. The molecule has 0 bridgehead atoms. The lowest BCUT2D eigenvalue weighted by atomic mass is 9.97. The van der Waals surface area contributed by atoms with Crippen molar-refractivity contribution in [3.05, 3.63) is 82.2 Å². The summed E-state index contributed by atoms with van der Waals surface area (Å²) in [5.41, 5.74) is 9.48. The summed E-state index contributed by atoms with van der Waals surface area (Å²) in [7, 11) is 0. The van der Waals surface area contributed by atoms with Gasteiger partial charge in [-0.1, -0.05) is 76.3 Å². The van der Waals surface area contributed by atoms with Gasteiger partial charge in [0.25, 0.3) is 3.79 Å². The highest BCUT2D eigenvalue weighted by Gasteiger charge is 2.51. The summed E-state index contributed by atoms with van der Waals surface area (Å²) < 4.78 is 20.1. The number of halogens is 3. The van der Waals surface area contributed by atoms with Gasteiger partial charge in [0.15, 0.2) is 6.10 Å². The maximum Gasteiger partial charge on any atom is 0.338 e. The van der Waals surface area contributed by atoms with Gasteiger partial charge >= 0.3 is 11.9 Å². The Labute approximate surface area is 215 Å². The van der Waals surface area contributed by atoms with E-state index >= 15 is 0 Å². The van der Waals surface area contributed by atoms with Crippen LogP contribution in [0.4, 0.5) is 0 Å². The molecule has 3 rings (SSSR count). The number of alkyl halides is 3. The molecular formula is C22H19Cl3N4O6. The molecule has 1 saturated heterocycles. The summed E-state index contributed by atoms with van der Waals surface area (Å²) in [5, 5.41) is 11.6. The van der Waals surface area contributed by atoms with Gasteiger partial charge in [0.05, 0.1) is 17.2 Å². The highest BCUT2D eigenvalue weighted by Crippen LogP contribution is 2.34. The Hall–Kier alpha value is -3.01. The van der Waals surface area contributed by atoms with E-state index in [1.807, 2.05) is 0 Å². The molecule has 1 aliphatic heterocycles. The molecule has 1 heterocycles. The Balaban J connectivity index is 2.00. The maximum atomic E-state index is 12.9. The lowest BCUT2D eigenvalue weighted by Gasteiger charge is -2.42. The predicted molar refractivity (Wildman–Crippen MR) is 128 cm³/mol. The number of carbonyl (C=O) groups is 2. The number of benzene rings is 2. The maximum absolute atomic E-state index is 12.9. The molecule has 0 saturated carbocycles. The summed E-state index contributed by atoms with van der Waals surface area (Å²) in [6.45, 7) is 1.52. The number of carbonyl (C=O) groups excluding carboxylic acids is 2. The van der Waals surface area contributed by atoms with Crippen LogP contribution in [0.5, 0.6) is 0 Å². The van der Waals surface area contributed by atoms with E-state index in [9.17, 15) is 9.59 Å². The lowest BCUT2D eigenvalue weighted by Crippen LogP contribution is -2.60. The highest BCUT2D eigenvalue weighted by atomic mass is 35.6. The third-order valence-corrected chi connectivity index (χ3v) is 5.45. The molecule has 2 aromatic rings. The Morgan fingerprint density at radius 3 is 1.89 bits per heavy atom. The van der Waals surface area contributed by atoms with Gasteiger partial charge in [0.1, 0.15) is 6.04 Å². The minimum atomic E-state index is -2.25. The minimum Gasteiger partial charge on any atom is -0.454 e. The average molecular weight is 542 g/mol. The Morgan fingerprint density at radius 2 is 1.43 bits per heavy atom. The number of rotatable bonds is 6. The second-order valence-corrected chi connectivity index (χ2v) is 9.60. The Kier molecular flexibility index (Phi) is 8.82. The minimum absolute atomic E-state index is 0.176. The molecule has 1 fully saturated rings. The van der Waals surface area contributed by atoms with Crippen molar-refractivity contribution < 1.29 is 28.5 Å². The largest absolute Gasteiger partial charge is 0.454 e. The van der Waals surface area contributed by atoms with E-state index < -0.39 is 52.3 Å². The van der Waals surface area contributed by atoms with Crippen molar-refractivity contribution in [2.45, 2.75) is 41.4 Å². The molecule has 0 amide bonds. The molecule has 184 valence electrons. The van der Waals surface area contributed by atoms with E-state index in [-0.39, 0.29) is 11.1 Å². The van der Waals surface area contributed by atoms with Crippen molar-refractivity contribution in [3.63, 3.8) is 0 Å². The highest BCUT2D eigenvalue weighted by molar-refractivity contribution is 6.76. The quantitative estimate of drug-likeness (QED) is 0.101. The van der Waals surface area contributed by atoms with Crippen LogP contribution >= 0.6 is 34.8 Å². The molecule has 0 radical (unpaired) electrons. The fraction of sp³-hybridized carbons (Fsp3) is 0.318. The number of nitrogens with one attached hydrogen (secondary N) is 1. The summed E-state index contributed by atoms with van der Waals surface area (Å²) in [6, 6.07) is 14.9. The fourth-order valence-corrected chi connectivity index (χ4v) is 3.41. The van der Waals surface area contributed by atoms with Crippen LogP contribution in [0.2, 0.25) is 0 Å². The molecule has 1 N–H and O–H groups in total. The van der Waals surface area contributed by atoms with Gasteiger partial charge < -0.3 is 18.9 Å². The smallest absolute Gasteiger partial charge is 0.338 e. The van der Waals surface area contributed by atoms with Crippen molar-refractivity contribution >= 4 is 52.6 Å². The molecule has 2 aromatic carbocycles. The number of ether oxygens (including phenoxy) is 4. The van der Waals surface area contributed by atoms with Crippen LogP contribution in [0.3, 0.4) is 0 Å². The first-order chi connectivity index (χ1) is 16.6. The zero-order valence-electron chi connectivity index (χ0n) is 18.1. The van der Waals surface area contributed by atoms with Crippen LogP contribution in [-0.4, -0.2) is 52.3 Å². The van der Waals surface area contributed by atoms with Crippen LogP contribution in [0.25, 0.3) is 10.4 Å². The number of esters is 2. The van der Waals surface area contributed by atoms with Crippen molar-refractivity contribution in [2.24, 2.45) is 5.11 Å². The van der Waals surface area contributed by atoms with Crippen LogP contribution in [-0.2, 0) is 18.9 Å². The van der Waals surface area contributed by atoms with Crippen molar-refractivity contribution in [1.82, 2.24) is 0 Å². The zero-order chi connectivity index (χ0) is 25.6. The number of azide groups is 1. The molecular weight excluding hydrogens is 523 g/mol. The second kappa shape index (κ2) is 11.6. The van der Waals surface area contributed by atoms with Gasteiger partial charge in [0, 0.05) is 4.91 Å².